The van der Waals surface area contributed by atoms with Gasteiger partial charge >= 0.3 is 0 Å². The van der Waals surface area contributed by atoms with Crippen molar-refractivity contribution in [3.63, 3.8) is 0 Å². The molecule has 0 radical (unpaired) electrons. The Balaban J connectivity index is 2.23. The number of aromatic nitrogens is 1. The van der Waals surface area contributed by atoms with Crippen LogP contribution in [0, 0.1) is 6.92 Å². The fourth-order valence-electron chi connectivity index (χ4n) is 1.94. The van der Waals surface area contributed by atoms with E-state index in [1.54, 1.807) is 38.3 Å². The minimum Gasteiger partial charge on any atom is -0.493 e. The van der Waals surface area contributed by atoms with Gasteiger partial charge in [-0.05, 0) is 31.2 Å². The van der Waals surface area contributed by atoms with Gasteiger partial charge in [0.15, 0.2) is 11.5 Å². The lowest BCUT2D eigenvalue weighted by Crippen LogP contribution is -2.13. The van der Waals surface area contributed by atoms with Crippen molar-refractivity contribution < 1.29 is 14.3 Å². The van der Waals surface area contributed by atoms with Gasteiger partial charge in [-0.3, -0.25) is 4.79 Å². The van der Waals surface area contributed by atoms with Crippen LogP contribution in [-0.2, 0) is 0 Å². The van der Waals surface area contributed by atoms with Gasteiger partial charge in [-0.2, -0.15) is 0 Å². The zero-order chi connectivity index (χ0) is 15.4. The highest BCUT2D eigenvalue weighted by Gasteiger charge is 2.10. The second-order valence-corrected chi connectivity index (χ2v) is 4.45. The summed E-state index contributed by atoms with van der Waals surface area (Å²) < 4.78 is 10.3. The Morgan fingerprint density at radius 2 is 1.86 bits per heavy atom. The molecule has 6 heteroatoms. The van der Waals surface area contributed by atoms with Crippen LogP contribution in [0.25, 0.3) is 0 Å². The molecule has 3 N–H and O–H groups in total. The van der Waals surface area contributed by atoms with E-state index in [9.17, 15) is 4.79 Å². The zero-order valence-corrected chi connectivity index (χ0v) is 12.1. The number of hydrogen-bond acceptors (Lipinski definition) is 5. The Labute approximate surface area is 122 Å². The number of carbonyl (C=O) groups is 1. The first-order valence-electron chi connectivity index (χ1n) is 6.31. The summed E-state index contributed by atoms with van der Waals surface area (Å²) in [5, 5.41) is 2.78. The van der Waals surface area contributed by atoms with Crippen LogP contribution in [0.15, 0.2) is 30.3 Å². The maximum Gasteiger partial charge on any atom is 0.255 e. The maximum atomic E-state index is 12.2. The smallest absolute Gasteiger partial charge is 0.255 e. The molecule has 0 atom stereocenters. The highest BCUT2D eigenvalue weighted by Crippen LogP contribution is 2.29. The standard InChI is InChI=1S/C15H17N3O3/c1-9-6-10(7-14(16)17-9)15(19)18-11-4-5-12(20-2)13(8-11)21-3/h4-8H,1-3H3,(H2,16,17)(H,18,19). The van der Waals surface area contributed by atoms with Gasteiger partial charge in [0.2, 0.25) is 0 Å². The van der Waals surface area contributed by atoms with Gasteiger partial charge in [-0.25, -0.2) is 4.98 Å². The van der Waals surface area contributed by atoms with Gasteiger partial charge in [0, 0.05) is 23.0 Å². The van der Waals surface area contributed by atoms with Crippen molar-refractivity contribution in [2.75, 3.05) is 25.3 Å². The van der Waals surface area contributed by atoms with Gasteiger partial charge in [0.05, 0.1) is 14.2 Å². The predicted octanol–water partition coefficient (Wildman–Crippen LogP) is 2.24. The lowest BCUT2D eigenvalue weighted by Gasteiger charge is -2.11. The Bertz CT molecular complexity index is 651. The molecule has 21 heavy (non-hydrogen) atoms. The number of hydrogen-bond donors (Lipinski definition) is 2. The normalized spacial score (nSPS) is 10.0. The van der Waals surface area contributed by atoms with E-state index in [0.29, 0.717) is 34.3 Å². The molecule has 0 fully saturated rings. The summed E-state index contributed by atoms with van der Waals surface area (Å²) in [6.07, 6.45) is 0. The molecule has 110 valence electrons. The fraction of sp³-hybridized carbons (Fsp3) is 0.200. The van der Waals surface area contributed by atoms with Crippen LogP contribution in [0.3, 0.4) is 0 Å². The SMILES string of the molecule is COc1ccc(NC(=O)c2cc(C)nc(N)c2)cc1OC. The number of aryl methyl sites for hydroxylation is 1. The highest BCUT2D eigenvalue weighted by atomic mass is 16.5. The summed E-state index contributed by atoms with van der Waals surface area (Å²) in [6.45, 7) is 1.78. The monoisotopic (exact) mass is 287 g/mol. The van der Waals surface area contributed by atoms with Crippen molar-refractivity contribution >= 4 is 17.4 Å². The largest absolute Gasteiger partial charge is 0.493 e. The summed E-state index contributed by atoms with van der Waals surface area (Å²) in [5.41, 5.74) is 7.39. The summed E-state index contributed by atoms with van der Waals surface area (Å²) in [4.78, 5) is 16.2. The van der Waals surface area contributed by atoms with Crippen molar-refractivity contribution in [3.8, 4) is 11.5 Å². The van der Waals surface area contributed by atoms with Gasteiger partial charge in [0.25, 0.3) is 5.91 Å². The molecule has 0 saturated carbocycles. The van der Waals surface area contributed by atoms with E-state index in [0.717, 1.165) is 0 Å². The molecule has 0 spiro atoms. The molecule has 2 rings (SSSR count). The van der Waals surface area contributed by atoms with Gasteiger partial charge in [-0.15, -0.1) is 0 Å². The first-order chi connectivity index (χ1) is 10.0. The minimum absolute atomic E-state index is 0.264. The molecule has 2 aromatic rings. The molecule has 0 aliphatic carbocycles. The summed E-state index contributed by atoms with van der Waals surface area (Å²) in [6, 6.07) is 8.35. The topological polar surface area (TPSA) is 86.5 Å². The molecule has 0 bridgehead atoms. The lowest BCUT2D eigenvalue weighted by molar-refractivity contribution is 0.102. The number of nitrogens with two attached hydrogens (primary N) is 1. The number of anilines is 2. The van der Waals surface area contributed by atoms with Crippen molar-refractivity contribution in [2.24, 2.45) is 0 Å². The molecule has 0 saturated heterocycles. The average molecular weight is 287 g/mol. The molecule has 1 aromatic heterocycles. The van der Waals surface area contributed by atoms with Crippen LogP contribution in [0.5, 0.6) is 11.5 Å². The van der Waals surface area contributed by atoms with Crippen molar-refractivity contribution in [1.29, 1.82) is 0 Å². The average Bonchev–Trinajstić information content (AvgIpc) is 2.46. The third kappa shape index (κ3) is 3.42. The quantitative estimate of drug-likeness (QED) is 0.900. The van der Waals surface area contributed by atoms with Crippen LogP contribution >= 0.6 is 0 Å². The molecule has 0 aliphatic heterocycles. The second kappa shape index (κ2) is 6.13. The number of rotatable bonds is 4. The van der Waals surface area contributed by atoms with Crippen LogP contribution in [0.4, 0.5) is 11.5 Å². The highest BCUT2D eigenvalue weighted by molar-refractivity contribution is 6.04. The predicted molar refractivity (Wildman–Crippen MR) is 80.9 cm³/mol. The van der Waals surface area contributed by atoms with E-state index in [1.165, 1.54) is 13.2 Å². The number of nitrogens with one attached hydrogen (secondary N) is 1. The third-order valence-corrected chi connectivity index (χ3v) is 2.88. The van der Waals surface area contributed by atoms with E-state index < -0.39 is 0 Å². The van der Waals surface area contributed by atoms with Gasteiger partial charge in [-0.1, -0.05) is 0 Å². The number of pyridine rings is 1. The van der Waals surface area contributed by atoms with Gasteiger partial charge in [0.1, 0.15) is 5.82 Å². The number of benzene rings is 1. The Morgan fingerprint density at radius 1 is 1.14 bits per heavy atom. The fourth-order valence-corrected chi connectivity index (χ4v) is 1.94. The molecular formula is C15H17N3O3. The lowest BCUT2D eigenvalue weighted by atomic mass is 10.2. The first kappa shape index (κ1) is 14.6. The van der Waals surface area contributed by atoms with E-state index in [4.69, 9.17) is 15.2 Å². The van der Waals surface area contributed by atoms with Crippen LogP contribution in [-0.4, -0.2) is 25.1 Å². The third-order valence-electron chi connectivity index (χ3n) is 2.88. The summed E-state index contributed by atoms with van der Waals surface area (Å²) in [7, 11) is 3.09. The summed E-state index contributed by atoms with van der Waals surface area (Å²) >= 11 is 0. The van der Waals surface area contributed by atoms with Crippen LogP contribution in [0.2, 0.25) is 0 Å². The molecule has 0 aliphatic rings. The van der Waals surface area contributed by atoms with E-state index in [2.05, 4.69) is 10.3 Å². The van der Waals surface area contributed by atoms with Crippen molar-refractivity contribution in [2.45, 2.75) is 6.92 Å². The second-order valence-electron chi connectivity index (χ2n) is 4.45. The van der Waals surface area contributed by atoms with Crippen LogP contribution < -0.4 is 20.5 Å². The van der Waals surface area contributed by atoms with E-state index in [1.807, 2.05) is 0 Å². The number of ether oxygens (including phenoxy) is 2. The Hall–Kier alpha value is -2.76. The number of amides is 1. The summed E-state index contributed by atoms with van der Waals surface area (Å²) in [5.74, 6) is 1.19. The number of nitrogen functional groups attached to an aromatic ring is 1. The molecule has 1 aromatic carbocycles. The van der Waals surface area contributed by atoms with Gasteiger partial charge < -0.3 is 20.5 Å². The number of nitrogens with zero attached hydrogens (tertiary/aromatic N) is 1. The maximum absolute atomic E-state index is 12.2. The molecule has 6 nitrogen and oxygen atoms in total. The molecule has 1 amide bonds. The minimum atomic E-state index is -0.264. The first-order valence-corrected chi connectivity index (χ1v) is 6.31. The molecular weight excluding hydrogens is 270 g/mol. The molecule has 0 unspecified atom stereocenters. The zero-order valence-electron chi connectivity index (χ0n) is 12.1. The van der Waals surface area contributed by atoms with Crippen molar-refractivity contribution in [3.05, 3.63) is 41.6 Å². The van der Waals surface area contributed by atoms with E-state index in [-0.39, 0.29) is 5.91 Å². The number of carbonyl (C=O) groups excluding carboxylic acids is 1. The van der Waals surface area contributed by atoms with Crippen LogP contribution in [0.1, 0.15) is 16.1 Å². The van der Waals surface area contributed by atoms with E-state index >= 15 is 0 Å². The Morgan fingerprint density at radius 3 is 2.48 bits per heavy atom. The number of methoxy groups -OCH3 is 2. The Kier molecular flexibility index (Phi) is 4.27. The van der Waals surface area contributed by atoms with Crippen molar-refractivity contribution in [1.82, 2.24) is 4.98 Å². The molecule has 1 heterocycles.